The van der Waals surface area contributed by atoms with Crippen molar-refractivity contribution < 1.29 is 77.0 Å². The number of aromatic nitrogens is 8. The monoisotopic (exact) mass is 1660 g/mol. The largest absolute Gasteiger partial charge is 0.490 e. The van der Waals surface area contributed by atoms with Gasteiger partial charge >= 0.3 is 11.9 Å². The third-order valence-electron chi connectivity index (χ3n) is 18.1. The smallest absolute Gasteiger partial charge is 0.348 e. The molecule has 4 aliphatic rings. The summed E-state index contributed by atoms with van der Waals surface area (Å²) in [6.45, 7) is 13.8. The van der Waals surface area contributed by atoms with Crippen LogP contribution in [0.25, 0.3) is 40.9 Å². The molecule has 40 heteroatoms. The first-order valence-electron chi connectivity index (χ1n) is 35.8. The number of nitrogens with one attached hydrogen (secondary N) is 12. The van der Waals surface area contributed by atoms with E-state index in [1.54, 1.807) is 77.9 Å². The molecule has 4 aliphatic heterocycles. The zero-order chi connectivity index (χ0) is 82.2. The molecule has 16 rings (SSSR count). The topological polar surface area (TPSA) is 512 Å². The number of fused-ring (bicyclic) bond motifs is 8. The molecule has 12 aromatic rings. The van der Waals surface area contributed by atoms with Crippen LogP contribution in [0.4, 0.5) is 22.7 Å². The predicted octanol–water partition coefficient (Wildman–Crippen LogP) is 6.50. The van der Waals surface area contributed by atoms with Crippen LogP contribution < -0.4 is 83.7 Å². The first-order chi connectivity index (χ1) is 55.9. The number of ether oxygens (including phenoxy) is 6. The number of rotatable bonds is 18. The number of carbonyl (C=O) groups is 8. The fourth-order valence-corrected chi connectivity index (χ4v) is 16.5. The molecule has 0 saturated carbocycles. The highest BCUT2D eigenvalue weighted by molar-refractivity contribution is 7.21. The van der Waals surface area contributed by atoms with Gasteiger partial charge in [-0.1, -0.05) is 24.3 Å². The van der Waals surface area contributed by atoms with Gasteiger partial charge in [-0.3, -0.25) is 47.9 Å². The molecule has 12 heterocycles. The van der Waals surface area contributed by atoms with E-state index < -0.39 is 52.2 Å². The SMILES string of the molecule is CCOC(=O)c1sc2nc(C(=O)NCc3ccc4c(c3)NC(=O)CO4)[nH]c(=O)c2c1C.CCOC(=O)c1sc2nc(C(=O)NCc3ccc4c(c3)NCCO4)[nH]c(=O)c2c1C.Cc1c(CO)sc2nc(C(=O)NCc3ccc4c(c3)NC(=O)CO4)[nH]c(=O)c12.Cc1c(CO)sc2nc(C(=O)NCc3ccc4c(c3)NCCO4)[nH]c(=O)c12. The number of benzene rings is 4. The predicted molar refractivity (Wildman–Crippen MR) is 430 cm³/mol. The van der Waals surface area contributed by atoms with Crippen molar-refractivity contribution in [3.63, 3.8) is 0 Å². The molecule has 0 saturated heterocycles. The summed E-state index contributed by atoms with van der Waals surface area (Å²) < 4.78 is 31.7. The molecule has 6 amide bonds. The minimum Gasteiger partial charge on any atom is -0.490 e. The summed E-state index contributed by atoms with van der Waals surface area (Å²) in [5.41, 5.74) is 6.64. The van der Waals surface area contributed by atoms with Gasteiger partial charge < -0.3 is 101 Å². The van der Waals surface area contributed by atoms with Crippen molar-refractivity contribution in [3.8, 4) is 23.0 Å². The van der Waals surface area contributed by atoms with Gasteiger partial charge in [-0.25, -0.2) is 29.5 Å². The number of aliphatic hydroxyl groups excluding tert-OH is 2. The molecule has 0 unspecified atom stereocenters. The van der Waals surface area contributed by atoms with Gasteiger partial charge in [0.05, 0.1) is 70.7 Å². The normalized spacial score (nSPS) is 12.8. The number of anilines is 4. The summed E-state index contributed by atoms with van der Waals surface area (Å²) in [5.74, 6) is -1.35. The molecule has 14 N–H and O–H groups in total. The maximum Gasteiger partial charge on any atom is 0.348 e. The Morgan fingerprint density at radius 2 is 0.707 bits per heavy atom. The van der Waals surface area contributed by atoms with Crippen molar-refractivity contribution in [2.75, 3.05) is 74.0 Å². The van der Waals surface area contributed by atoms with Crippen LogP contribution in [0.15, 0.2) is 92.0 Å². The van der Waals surface area contributed by atoms with Gasteiger partial charge in [-0.2, -0.15) is 0 Å². The molecule has 0 bridgehead atoms. The molecule has 0 atom stereocenters. The number of nitrogens with zero attached hydrogens (tertiary/aromatic N) is 4. The van der Waals surface area contributed by atoms with Gasteiger partial charge in [0.1, 0.15) is 65.3 Å². The van der Waals surface area contributed by atoms with Crippen LogP contribution in [0.3, 0.4) is 0 Å². The first kappa shape index (κ1) is 80.8. The lowest BCUT2D eigenvalue weighted by atomic mass is 10.1. The lowest BCUT2D eigenvalue weighted by Gasteiger charge is -2.19. The third kappa shape index (κ3) is 17.9. The van der Waals surface area contributed by atoms with E-state index >= 15 is 0 Å². The minimum atomic E-state index is -0.583. The van der Waals surface area contributed by atoms with Crippen molar-refractivity contribution in [2.45, 2.75) is 80.9 Å². The Bertz CT molecular complexity index is 6220. The van der Waals surface area contributed by atoms with Gasteiger partial charge in [-0.15, -0.1) is 45.3 Å². The summed E-state index contributed by atoms with van der Waals surface area (Å²) in [5, 5.41) is 42.8. The number of aryl methyl sites for hydroxylation is 4. The molecular weight excluding hydrogens is 1590 g/mol. The quantitative estimate of drug-likeness (QED) is 0.0407. The van der Waals surface area contributed by atoms with Crippen LogP contribution >= 0.6 is 45.3 Å². The first-order valence-corrected chi connectivity index (χ1v) is 39.0. The number of hydrogen-bond donors (Lipinski definition) is 14. The molecule has 8 aromatic heterocycles. The highest BCUT2D eigenvalue weighted by Gasteiger charge is 2.27. The van der Waals surface area contributed by atoms with E-state index in [0.29, 0.717) is 110 Å². The second-order valence-electron chi connectivity index (χ2n) is 25.8. The minimum absolute atomic E-state index is 0.0230. The zero-order valence-corrected chi connectivity index (χ0v) is 65.8. The van der Waals surface area contributed by atoms with Crippen LogP contribution in [-0.4, -0.2) is 150 Å². The van der Waals surface area contributed by atoms with E-state index in [1.165, 1.54) is 22.7 Å². The van der Waals surface area contributed by atoms with Gasteiger partial charge in [0.15, 0.2) is 13.2 Å². The molecule has 36 nitrogen and oxygen atoms in total. The number of amides is 6. The fraction of sp³-hybridized carbons (Fsp3) is 0.263. The van der Waals surface area contributed by atoms with Crippen LogP contribution in [0.2, 0.25) is 0 Å². The van der Waals surface area contributed by atoms with Gasteiger partial charge in [-0.05, 0) is 135 Å². The summed E-state index contributed by atoms with van der Waals surface area (Å²) in [4.78, 5) is 177. The fourth-order valence-electron chi connectivity index (χ4n) is 12.3. The van der Waals surface area contributed by atoms with Crippen LogP contribution in [-0.2, 0) is 58.5 Å². The second-order valence-corrected chi connectivity index (χ2v) is 30.0. The van der Waals surface area contributed by atoms with Crippen molar-refractivity contribution in [1.82, 2.24) is 61.1 Å². The van der Waals surface area contributed by atoms with Crippen LogP contribution in [0, 0.1) is 27.7 Å². The Hall–Kier alpha value is -13.3. The molecule has 0 radical (unpaired) electrons. The number of aliphatic hydroxyl groups is 2. The van der Waals surface area contributed by atoms with E-state index in [0.717, 1.165) is 80.9 Å². The highest BCUT2D eigenvalue weighted by Crippen LogP contribution is 2.35. The average Bonchev–Trinajstić information content (AvgIpc) is 1.64. The van der Waals surface area contributed by atoms with E-state index in [9.17, 15) is 67.7 Å². The second kappa shape index (κ2) is 35.4. The molecule has 0 fully saturated rings. The van der Waals surface area contributed by atoms with Gasteiger partial charge in [0.25, 0.3) is 57.7 Å². The average molecular weight is 1660 g/mol. The summed E-state index contributed by atoms with van der Waals surface area (Å²) in [6.07, 6.45) is 0. The van der Waals surface area contributed by atoms with Gasteiger partial charge in [0.2, 0.25) is 23.3 Å². The van der Waals surface area contributed by atoms with Crippen molar-refractivity contribution in [1.29, 1.82) is 0 Å². The molecule has 4 aromatic carbocycles. The summed E-state index contributed by atoms with van der Waals surface area (Å²) in [6, 6.07) is 21.6. The summed E-state index contributed by atoms with van der Waals surface area (Å²) in [7, 11) is 0. The van der Waals surface area contributed by atoms with Crippen molar-refractivity contribution in [3.05, 3.63) is 202 Å². The maximum atomic E-state index is 12.6. The maximum absolute atomic E-state index is 12.6. The lowest BCUT2D eigenvalue weighted by Crippen LogP contribution is -2.28. The molecule has 0 aliphatic carbocycles. The van der Waals surface area contributed by atoms with E-state index in [4.69, 9.17) is 28.4 Å². The number of carbonyl (C=O) groups excluding carboxylic acids is 8. The molecule has 116 heavy (non-hydrogen) atoms. The number of esters is 2. The number of hydrogen-bond acceptors (Lipinski definition) is 30. The third-order valence-corrected chi connectivity index (χ3v) is 22.7. The Labute approximate surface area is 670 Å². The van der Waals surface area contributed by atoms with E-state index in [2.05, 4.69) is 82.4 Å². The number of thiophene rings is 4. The Morgan fingerprint density at radius 3 is 1.02 bits per heavy atom. The lowest BCUT2D eigenvalue weighted by molar-refractivity contribution is -0.119. The Balaban J connectivity index is 0.000000135. The van der Waals surface area contributed by atoms with E-state index in [1.807, 2.05) is 36.4 Å². The van der Waals surface area contributed by atoms with Gasteiger partial charge in [0, 0.05) is 49.0 Å². The van der Waals surface area contributed by atoms with Crippen LogP contribution in [0.1, 0.15) is 130 Å². The highest BCUT2D eigenvalue weighted by atomic mass is 32.1. The zero-order valence-electron chi connectivity index (χ0n) is 62.5. The number of aromatic amines is 4. The Morgan fingerprint density at radius 1 is 0.414 bits per heavy atom. The van der Waals surface area contributed by atoms with E-state index in [-0.39, 0.29) is 115 Å². The summed E-state index contributed by atoms with van der Waals surface area (Å²) >= 11 is 4.45. The standard InChI is InChI=1S/C20H18N4O6S.C20H20N4O5S.C18H16N4O5S.C18H18N4O4S/c1-3-29-20(28)15-9(2)14-17(26)23-16(24-19(14)31-15)18(27)21-7-10-4-5-12-11(6-10)22-13(25)8-30-12;1-3-28-20(27)15-10(2)14-17(25)23-16(24-19(14)30-15)18(26)22-9-11-4-5-13-12(8-11)21-6-7-29-13;1-8-12(6-23)28-18-14(8)16(25)21-15(22-18)17(26)19-5-9-2-3-11-10(4-9)20-13(24)7-27-11;1-9-13(8-23)27-18-14(9)16(24)21-15(22-18)17(25)20-7-10-2-3-12-11(6-10)19-4-5-26-12/h4-6H,3,7-8H2,1-2H3,(H,21,27)(H,22,25)(H,23,24,26);4-5,8,21H,3,6-7,9H2,1-2H3,(H,22,26)(H,23,24,25);2-4,23H,5-7H2,1H3,(H,19,26)(H,20,24)(H,21,22,25);2-3,6,19,23H,4-5,7-8H2,1H3,(H,20,25)(H,21,22,24). The molecule has 0 spiro atoms. The van der Waals surface area contributed by atoms with Crippen molar-refractivity contribution in [2.24, 2.45) is 0 Å². The number of H-pyrrole nitrogens is 4. The molecular formula is C76H72N16O20S4. The molecule has 600 valence electrons. The Kier molecular flexibility index (Phi) is 24.6. The van der Waals surface area contributed by atoms with Crippen LogP contribution in [0.5, 0.6) is 23.0 Å². The van der Waals surface area contributed by atoms with Crippen molar-refractivity contribution >= 4 is 156 Å².